The van der Waals surface area contributed by atoms with E-state index in [0.29, 0.717) is 6.54 Å². The first kappa shape index (κ1) is 36.1. The summed E-state index contributed by atoms with van der Waals surface area (Å²) in [7, 11) is 0. The fourth-order valence-electron chi connectivity index (χ4n) is 6.12. The molecule has 0 unspecified atom stereocenters. The number of aromatic nitrogens is 1. The van der Waals surface area contributed by atoms with Crippen molar-refractivity contribution in [2.45, 2.75) is 12.8 Å². The smallest absolute Gasteiger partial charge is 0.0716 e. The lowest BCUT2D eigenvalue weighted by atomic mass is 9.97. The van der Waals surface area contributed by atoms with Crippen LogP contribution in [0.1, 0.15) is 28.7 Å². The van der Waals surface area contributed by atoms with Crippen LogP contribution in [0.2, 0.25) is 0 Å². The van der Waals surface area contributed by atoms with E-state index in [1.54, 1.807) is 0 Å². The maximum Gasteiger partial charge on any atom is 0.0716 e. The van der Waals surface area contributed by atoms with E-state index in [1.165, 1.54) is 16.5 Å². The third-order valence-corrected chi connectivity index (χ3v) is 8.95. The van der Waals surface area contributed by atoms with Crippen LogP contribution < -0.4 is 0 Å². The van der Waals surface area contributed by atoms with Crippen LogP contribution in [0.4, 0.5) is 0 Å². The van der Waals surface area contributed by atoms with E-state index in [9.17, 15) is 0 Å². The van der Waals surface area contributed by atoms with Crippen LogP contribution in [0.3, 0.4) is 0 Å². The van der Waals surface area contributed by atoms with E-state index in [1.807, 2.05) is 61.0 Å². The molecule has 0 spiro atoms. The van der Waals surface area contributed by atoms with Gasteiger partial charge in [0.2, 0.25) is 0 Å². The molecule has 0 N–H and O–H groups in total. The summed E-state index contributed by atoms with van der Waals surface area (Å²) in [6.45, 7) is 12.5. The zero-order valence-corrected chi connectivity index (χ0v) is 30.0. The molecule has 0 bridgehead atoms. The summed E-state index contributed by atoms with van der Waals surface area (Å²) >= 11 is 0. The number of nitrogens with zero attached hydrogens (tertiary/aromatic N) is 3. The molecule has 1 aliphatic carbocycles. The summed E-state index contributed by atoms with van der Waals surface area (Å²) in [6.07, 6.45) is 30.2. The van der Waals surface area contributed by atoms with Gasteiger partial charge in [0.15, 0.2) is 0 Å². The minimum Gasteiger partial charge on any atom is -0.280 e. The van der Waals surface area contributed by atoms with Gasteiger partial charge < -0.3 is 0 Å². The van der Waals surface area contributed by atoms with E-state index in [4.69, 9.17) is 4.99 Å². The highest BCUT2D eigenvalue weighted by Gasteiger charge is 2.10. The molecule has 3 heteroatoms. The van der Waals surface area contributed by atoms with Crippen molar-refractivity contribution in [1.82, 2.24) is 4.98 Å². The number of pyridine rings is 1. The monoisotopic (exact) mass is 685 g/mol. The van der Waals surface area contributed by atoms with Gasteiger partial charge in [0.1, 0.15) is 0 Å². The van der Waals surface area contributed by atoms with Crippen molar-refractivity contribution < 1.29 is 0 Å². The van der Waals surface area contributed by atoms with Crippen molar-refractivity contribution in [2.24, 2.45) is 9.98 Å². The average molecular weight is 686 g/mol. The van der Waals surface area contributed by atoms with Crippen LogP contribution in [0.5, 0.6) is 0 Å². The quantitative estimate of drug-likeness (QED) is 0.0951. The Morgan fingerprint density at radius 3 is 2.30 bits per heavy atom. The number of hydrogen-bond acceptors (Lipinski definition) is 3. The lowest BCUT2D eigenvalue weighted by Gasteiger charge is -2.11. The van der Waals surface area contributed by atoms with E-state index in [-0.39, 0.29) is 0 Å². The maximum absolute atomic E-state index is 5.17. The van der Waals surface area contributed by atoms with Gasteiger partial charge in [-0.1, -0.05) is 183 Å². The normalized spacial score (nSPS) is 16.9. The van der Waals surface area contributed by atoms with Gasteiger partial charge in [0.25, 0.3) is 0 Å². The summed E-state index contributed by atoms with van der Waals surface area (Å²) < 4.78 is 0. The third-order valence-electron chi connectivity index (χ3n) is 8.95. The minimum atomic E-state index is 0.473. The first-order chi connectivity index (χ1) is 26.1. The van der Waals surface area contributed by atoms with E-state index < -0.39 is 0 Å². The SMILES string of the molecule is C=C/C=C(\C=C/Cc1ccccc1)C/N=C(\C=C(/N=C)c1ccc(-c2cncc3ccccc23)cc1)c1ccc(/C2=C/C=C\C(=C)/C=C\C=C/C2)cc1. The number of allylic oxidation sites excluding steroid dienone is 13. The van der Waals surface area contributed by atoms with Crippen molar-refractivity contribution in [2.75, 3.05) is 6.54 Å². The van der Waals surface area contributed by atoms with E-state index in [0.717, 1.165) is 68.6 Å². The van der Waals surface area contributed by atoms with Gasteiger partial charge in [-0.15, -0.1) is 0 Å². The fraction of sp³-hybridized carbons (Fsp3) is 0.0600. The molecule has 0 saturated carbocycles. The molecular formula is C50H43N3. The van der Waals surface area contributed by atoms with Crippen LogP contribution in [0, 0.1) is 0 Å². The molecule has 0 aliphatic heterocycles. The van der Waals surface area contributed by atoms with Crippen molar-refractivity contribution in [3.05, 3.63) is 235 Å². The number of rotatable bonds is 12. The standard InChI is InChI=1S/C50H43N3/c1-4-15-40(21-14-20-39-18-8-6-9-19-39)35-53-50(45-30-26-42(27-31-45)41-22-10-5-7-16-38(2)17-13-24-41)34-49(51-3)44-32-28-43(29-33-44)48-37-52-36-46-23-11-12-25-47(46)48/h4-19,21,23-34,36-37H,1-3,20,22,35H2/b10-5-,16-7-,17-13-,21-14-,40-15+,41-24+,49-34-,53-50+. The Hall–Kier alpha value is -6.71. The number of fused-ring (bicyclic) bond motifs is 1. The second kappa shape index (κ2) is 18.5. The molecule has 258 valence electrons. The lowest BCUT2D eigenvalue weighted by Crippen LogP contribution is -2.02. The number of benzene rings is 4. The topological polar surface area (TPSA) is 37.6 Å². The van der Waals surface area contributed by atoms with Gasteiger partial charge in [-0.05, 0) is 70.0 Å². The molecule has 0 amide bonds. The highest BCUT2D eigenvalue weighted by molar-refractivity contribution is 6.12. The molecule has 0 radical (unpaired) electrons. The van der Waals surface area contributed by atoms with Crippen LogP contribution >= 0.6 is 0 Å². The second-order valence-electron chi connectivity index (χ2n) is 12.6. The summed E-state index contributed by atoms with van der Waals surface area (Å²) in [6, 6.07) is 35.8. The molecule has 0 fully saturated rings. The van der Waals surface area contributed by atoms with Gasteiger partial charge in [0, 0.05) is 28.9 Å². The van der Waals surface area contributed by atoms with Gasteiger partial charge in [0.05, 0.1) is 18.0 Å². The highest BCUT2D eigenvalue weighted by Crippen LogP contribution is 2.29. The summed E-state index contributed by atoms with van der Waals surface area (Å²) in [4.78, 5) is 14.2. The molecule has 53 heavy (non-hydrogen) atoms. The van der Waals surface area contributed by atoms with E-state index in [2.05, 4.69) is 157 Å². The van der Waals surface area contributed by atoms with Crippen molar-refractivity contribution in [1.29, 1.82) is 0 Å². The summed E-state index contributed by atoms with van der Waals surface area (Å²) in [5.41, 5.74) is 11.3. The third kappa shape index (κ3) is 9.96. The Morgan fingerprint density at radius 1 is 0.774 bits per heavy atom. The van der Waals surface area contributed by atoms with Crippen LogP contribution in [-0.2, 0) is 6.42 Å². The molecule has 6 rings (SSSR count). The van der Waals surface area contributed by atoms with Crippen LogP contribution in [0.25, 0.3) is 33.2 Å². The molecule has 0 atom stereocenters. The van der Waals surface area contributed by atoms with Gasteiger partial charge >= 0.3 is 0 Å². The van der Waals surface area contributed by atoms with Crippen LogP contribution in [0.15, 0.2) is 223 Å². The zero-order valence-electron chi connectivity index (χ0n) is 30.0. The van der Waals surface area contributed by atoms with Gasteiger partial charge in [-0.2, -0.15) is 0 Å². The molecule has 0 saturated heterocycles. The number of aliphatic imine (C=N–C) groups is 2. The summed E-state index contributed by atoms with van der Waals surface area (Å²) in [5, 5.41) is 2.28. The molecular weight excluding hydrogens is 643 g/mol. The Balaban J connectivity index is 1.33. The lowest BCUT2D eigenvalue weighted by molar-refractivity contribution is 1.17. The Morgan fingerprint density at radius 2 is 1.51 bits per heavy atom. The molecule has 1 aromatic heterocycles. The van der Waals surface area contributed by atoms with E-state index >= 15 is 0 Å². The average Bonchev–Trinajstić information content (AvgIpc) is 3.20. The molecule has 3 nitrogen and oxygen atoms in total. The predicted molar refractivity (Wildman–Crippen MR) is 229 cm³/mol. The molecule has 1 aliphatic rings. The molecule has 4 aromatic carbocycles. The summed E-state index contributed by atoms with van der Waals surface area (Å²) in [5.74, 6) is 0. The van der Waals surface area contributed by atoms with Crippen molar-refractivity contribution in [3.63, 3.8) is 0 Å². The van der Waals surface area contributed by atoms with Gasteiger partial charge in [-0.3, -0.25) is 15.0 Å². The maximum atomic E-state index is 5.17. The number of hydrogen-bond donors (Lipinski definition) is 0. The molecule has 1 heterocycles. The molecule has 5 aromatic rings. The highest BCUT2D eigenvalue weighted by atomic mass is 14.8. The Kier molecular flexibility index (Phi) is 12.6. The van der Waals surface area contributed by atoms with Crippen molar-refractivity contribution in [3.8, 4) is 11.1 Å². The first-order valence-electron chi connectivity index (χ1n) is 17.8. The second-order valence-corrected chi connectivity index (χ2v) is 12.6. The Bertz CT molecular complexity index is 2320. The zero-order chi connectivity index (χ0) is 36.7. The predicted octanol–water partition coefficient (Wildman–Crippen LogP) is 12.4. The largest absolute Gasteiger partial charge is 0.280 e. The fourth-order valence-corrected chi connectivity index (χ4v) is 6.12. The first-order valence-corrected chi connectivity index (χ1v) is 17.8. The van der Waals surface area contributed by atoms with Crippen molar-refractivity contribution >= 4 is 34.5 Å². The van der Waals surface area contributed by atoms with Crippen LogP contribution in [-0.4, -0.2) is 24.0 Å². The Labute approximate surface area is 313 Å². The van der Waals surface area contributed by atoms with Gasteiger partial charge in [-0.25, -0.2) is 0 Å². The minimum absolute atomic E-state index is 0.473.